The second-order valence-corrected chi connectivity index (χ2v) is 16.4. The summed E-state index contributed by atoms with van der Waals surface area (Å²) in [6.45, 7) is 4.17. The van der Waals surface area contributed by atoms with Gasteiger partial charge in [0.1, 0.15) is 36.3 Å². The zero-order valence-corrected chi connectivity index (χ0v) is 35.9. The smallest absolute Gasteiger partial charge is 0.326 e. The quantitative estimate of drug-likeness (QED) is 0.0237. The van der Waals surface area contributed by atoms with Gasteiger partial charge in [0.25, 0.3) is 0 Å². The SMILES string of the molecule is CC(C)C[C@H](NC(=O)[C@@H]1CCCN1C(=O)CNC(=O)[C@@H]1CCCN1C(=O)[C@H](CCC(N)=O)NC(=O)[C@@H]1CCCN1)C(=O)N[C@@H](CCCN=C(N)N)C(=O)N[C@@H](CCC(=O)O)C(=O)O. The summed E-state index contributed by atoms with van der Waals surface area (Å²) in [6.07, 6.45) is 1.81. The third kappa shape index (κ3) is 16.6. The van der Waals surface area contributed by atoms with Gasteiger partial charge in [0.05, 0.1) is 12.6 Å². The number of nitrogens with zero attached hydrogens (tertiary/aromatic N) is 3. The maximum absolute atomic E-state index is 13.8. The van der Waals surface area contributed by atoms with Crippen LogP contribution < -0.4 is 49.1 Å². The number of likely N-dealkylation sites (tertiary alicyclic amines) is 2. The monoisotopic (exact) mass is 892 g/mol. The van der Waals surface area contributed by atoms with E-state index in [1.165, 1.54) is 9.80 Å². The van der Waals surface area contributed by atoms with Crippen LogP contribution >= 0.6 is 0 Å². The molecule has 7 atom stereocenters. The van der Waals surface area contributed by atoms with E-state index < -0.39 is 121 Å². The van der Waals surface area contributed by atoms with E-state index in [2.05, 4.69) is 36.9 Å². The molecule has 0 aromatic carbocycles. The maximum Gasteiger partial charge on any atom is 0.326 e. The normalized spacial score (nSPS) is 20.1. The largest absolute Gasteiger partial charge is 0.481 e. The molecule has 0 aliphatic carbocycles. The Balaban J connectivity index is 1.67. The Morgan fingerprint density at radius 3 is 1.89 bits per heavy atom. The minimum atomic E-state index is -1.57. The van der Waals surface area contributed by atoms with Gasteiger partial charge in [-0.3, -0.25) is 48.1 Å². The van der Waals surface area contributed by atoms with Crippen molar-refractivity contribution in [1.29, 1.82) is 0 Å². The lowest BCUT2D eigenvalue weighted by Crippen LogP contribution is -2.58. The van der Waals surface area contributed by atoms with Gasteiger partial charge in [-0.15, -0.1) is 0 Å². The number of carbonyl (C=O) groups excluding carboxylic acids is 8. The van der Waals surface area contributed by atoms with Gasteiger partial charge in [0.15, 0.2) is 5.96 Å². The van der Waals surface area contributed by atoms with Crippen molar-refractivity contribution in [1.82, 2.24) is 41.7 Å². The number of guanidine groups is 1. The van der Waals surface area contributed by atoms with Crippen LogP contribution in [0.1, 0.15) is 97.3 Å². The topological polar surface area (TPSA) is 380 Å². The van der Waals surface area contributed by atoms with Crippen LogP contribution in [-0.2, 0) is 47.9 Å². The van der Waals surface area contributed by atoms with Crippen LogP contribution in [0.2, 0.25) is 0 Å². The number of nitrogens with two attached hydrogens (primary N) is 3. The molecule has 0 bridgehead atoms. The molecule has 0 spiro atoms. The molecular weight excluding hydrogens is 829 g/mol. The van der Waals surface area contributed by atoms with Crippen molar-refractivity contribution in [2.45, 2.75) is 140 Å². The highest BCUT2D eigenvalue weighted by atomic mass is 16.4. The summed E-state index contributed by atoms with van der Waals surface area (Å²) in [5, 5.41) is 34.5. The Morgan fingerprint density at radius 1 is 0.698 bits per heavy atom. The minimum absolute atomic E-state index is 0.0596. The Hall–Kier alpha value is -6.07. The molecule has 14 N–H and O–H groups in total. The van der Waals surface area contributed by atoms with Crippen LogP contribution in [0.5, 0.6) is 0 Å². The summed E-state index contributed by atoms with van der Waals surface area (Å²) < 4.78 is 0. The highest BCUT2D eigenvalue weighted by Crippen LogP contribution is 2.22. The van der Waals surface area contributed by atoms with Crippen molar-refractivity contribution in [2.75, 3.05) is 32.7 Å². The fourth-order valence-corrected chi connectivity index (χ4v) is 7.76. The number of carbonyl (C=O) groups is 10. The van der Waals surface area contributed by atoms with Gasteiger partial charge in [0, 0.05) is 32.5 Å². The number of hydrogen-bond donors (Lipinski definition) is 11. The van der Waals surface area contributed by atoms with Gasteiger partial charge in [-0.25, -0.2) is 4.79 Å². The summed E-state index contributed by atoms with van der Waals surface area (Å²) in [5.74, 6) is -8.28. The van der Waals surface area contributed by atoms with E-state index in [4.69, 9.17) is 22.3 Å². The van der Waals surface area contributed by atoms with Crippen molar-refractivity contribution in [3.8, 4) is 0 Å². The third-order valence-electron chi connectivity index (χ3n) is 11.0. The van der Waals surface area contributed by atoms with E-state index in [0.29, 0.717) is 25.8 Å². The molecule has 8 amide bonds. The number of amides is 8. The predicted molar refractivity (Wildman–Crippen MR) is 224 cm³/mol. The Labute approximate surface area is 365 Å². The van der Waals surface area contributed by atoms with Gasteiger partial charge in [0.2, 0.25) is 47.3 Å². The van der Waals surface area contributed by atoms with Gasteiger partial charge < -0.3 is 69.1 Å². The van der Waals surface area contributed by atoms with Gasteiger partial charge in [-0.05, 0) is 83.1 Å². The fraction of sp³-hybridized carbons (Fsp3) is 0.718. The van der Waals surface area contributed by atoms with Crippen LogP contribution in [-0.4, -0.2) is 160 Å². The molecule has 0 radical (unpaired) electrons. The highest BCUT2D eigenvalue weighted by Gasteiger charge is 2.40. The van der Waals surface area contributed by atoms with Crippen LogP contribution in [0.15, 0.2) is 4.99 Å². The second kappa shape index (κ2) is 25.1. The first-order valence-electron chi connectivity index (χ1n) is 21.4. The Bertz CT molecular complexity index is 1720. The average molecular weight is 893 g/mol. The van der Waals surface area contributed by atoms with Gasteiger partial charge >= 0.3 is 11.9 Å². The lowest BCUT2D eigenvalue weighted by Gasteiger charge is -2.30. The van der Waals surface area contributed by atoms with E-state index in [-0.39, 0.29) is 76.5 Å². The molecule has 24 heteroatoms. The highest BCUT2D eigenvalue weighted by molar-refractivity contribution is 5.97. The molecule has 3 aliphatic heterocycles. The first kappa shape index (κ1) is 51.3. The number of aliphatic carboxylic acids is 2. The Kier molecular flexibility index (Phi) is 20.5. The fourth-order valence-electron chi connectivity index (χ4n) is 7.76. The zero-order valence-electron chi connectivity index (χ0n) is 35.9. The van der Waals surface area contributed by atoms with E-state index in [0.717, 1.165) is 6.42 Å². The van der Waals surface area contributed by atoms with Gasteiger partial charge in [-0.1, -0.05) is 13.8 Å². The van der Waals surface area contributed by atoms with E-state index in [1.807, 2.05) is 0 Å². The maximum atomic E-state index is 13.8. The Morgan fingerprint density at radius 2 is 1.30 bits per heavy atom. The van der Waals surface area contributed by atoms with Crippen LogP contribution in [0.25, 0.3) is 0 Å². The summed E-state index contributed by atoms with van der Waals surface area (Å²) in [4.78, 5) is 135. The lowest BCUT2D eigenvalue weighted by atomic mass is 10.0. The van der Waals surface area contributed by atoms with Crippen LogP contribution in [0.4, 0.5) is 0 Å². The molecule has 3 heterocycles. The average Bonchev–Trinajstić information content (AvgIpc) is 4.03. The molecule has 0 aromatic rings. The van der Waals surface area contributed by atoms with Crippen molar-refractivity contribution in [3.05, 3.63) is 0 Å². The predicted octanol–water partition coefficient (Wildman–Crippen LogP) is -3.91. The number of hydrogen-bond acceptors (Lipinski definition) is 12. The molecule has 352 valence electrons. The molecule has 3 saturated heterocycles. The summed E-state index contributed by atoms with van der Waals surface area (Å²) >= 11 is 0. The first-order chi connectivity index (χ1) is 29.8. The molecule has 3 fully saturated rings. The van der Waals surface area contributed by atoms with E-state index in [1.54, 1.807) is 13.8 Å². The lowest BCUT2D eigenvalue weighted by molar-refractivity contribution is -0.143. The third-order valence-corrected chi connectivity index (χ3v) is 11.0. The van der Waals surface area contributed by atoms with Crippen molar-refractivity contribution < 1.29 is 58.2 Å². The summed E-state index contributed by atoms with van der Waals surface area (Å²) in [6, 6.07) is -7.69. The summed E-state index contributed by atoms with van der Waals surface area (Å²) in [7, 11) is 0. The molecule has 24 nitrogen and oxygen atoms in total. The van der Waals surface area contributed by atoms with E-state index in [9.17, 15) is 53.1 Å². The molecular formula is C39H64N12O12. The number of aliphatic imine (C=N–C) groups is 1. The standard InChI is InChI=1S/C39H64N12O12/c1-21(2)19-26(34(58)46-23(8-4-16-44-39(41)42)33(57)48-25(38(62)63)12-14-31(54)55)49-36(60)28-10-5-17-50(28)30(53)20-45-35(59)27-9-6-18-51(27)37(61)24(11-13-29(40)52)47-32(56)22-7-3-15-43-22/h21-28,43H,3-20H2,1-2H3,(H2,40,52)(H,45,59)(H,46,58)(H,47,56)(H,48,57)(H,49,60)(H,54,55)(H,62,63)(H4,41,42,44)/t22-,23-,24-,25-,26-,27-,28-/m0/s1. The van der Waals surface area contributed by atoms with Crippen molar-refractivity contribution in [3.63, 3.8) is 0 Å². The number of rotatable bonds is 25. The molecule has 0 aromatic heterocycles. The van der Waals surface area contributed by atoms with E-state index >= 15 is 0 Å². The second-order valence-electron chi connectivity index (χ2n) is 16.4. The molecule has 0 saturated carbocycles. The molecule has 3 aliphatic rings. The van der Waals surface area contributed by atoms with Crippen LogP contribution in [0.3, 0.4) is 0 Å². The number of carboxylic acid groups (broad SMARTS) is 2. The minimum Gasteiger partial charge on any atom is -0.481 e. The summed E-state index contributed by atoms with van der Waals surface area (Å²) in [5.41, 5.74) is 16.1. The molecule has 3 rings (SSSR count). The molecule has 63 heavy (non-hydrogen) atoms. The number of carboxylic acids is 2. The number of nitrogens with one attached hydrogen (secondary N) is 6. The molecule has 0 unspecified atom stereocenters. The van der Waals surface area contributed by atoms with Crippen molar-refractivity contribution in [2.24, 2.45) is 28.1 Å². The van der Waals surface area contributed by atoms with Crippen LogP contribution in [0, 0.1) is 5.92 Å². The number of primary amides is 1. The first-order valence-corrected chi connectivity index (χ1v) is 21.4. The van der Waals surface area contributed by atoms with Gasteiger partial charge in [-0.2, -0.15) is 0 Å². The van der Waals surface area contributed by atoms with Crippen molar-refractivity contribution >= 4 is 65.2 Å². The zero-order chi connectivity index (χ0) is 46.8.